The normalized spacial score (nSPS) is 17.9. The first-order chi connectivity index (χ1) is 19.5. The van der Waals surface area contributed by atoms with Crippen LogP contribution < -0.4 is 10.6 Å². The predicted octanol–water partition coefficient (Wildman–Crippen LogP) is 4.25. The molecule has 3 aromatic rings. The number of fused-ring (bicyclic) bond motifs is 2. The Morgan fingerprint density at radius 1 is 0.976 bits per heavy atom. The van der Waals surface area contributed by atoms with Gasteiger partial charge >= 0.3 is 18.1 Å². The van der Waals surface area contributed by atoms with Crippen LogP contribution in [0.2, 0.25) is 0 Å². The molecule has 3 aromatic carbocycles. The number of carbonyl (C=O) groups excluding carboxylic acids is 2. The lowest BCUT2D eigenvalue weighted by molar-refractivity contribution is -0.192. The van der Waals surface area contributed by atoms with Crippen LogP contribution in [0.3, 0.4) is 0 Å². The SMILES string of the molecule is COC(=O)c1cccc(C(=O)NCc2cccc(-c3cccc(CN4C[C@@H]5C[C@H]4CN5)c3)c2)c1.O=C(O)C(F)(F)F. The van der Waals surface area contributed by atoms with Crippen LogP contribution in [0, 0.1) is 0 Å². The maximum Gasteiger partial charge on any atom is 0.490 e. The van der Waals surface area contributed by atoms with Gasteiger partial charge in [0.05, 0.1) is 12.7 Å². The number of likely N-dealkylation sites (tertiary alicyclic amines) is 1. The van der Waals surface area contributed by atoms with Crippen molar-refractivity contribution in [2.45, 2.75) is 37.8 Å². The van der Waals surface area contributed by atoms with E-state index >= 15 is 0 Å². The molecule has 2 aliphatic heterocycles. The first-order valence-electron chi connectivity index (χ1n) is 13.0. The number of halogens is 3. The van der Waals surface area contributed by atoms with Crippen LogP contribution in [0.25, 0.3) is 11.1 Å². The van der Waals surface area contributed by atoms with Gasteiger partial charge in [-0.2, -0.15) is 13.2 Å². The van der Waals surface area contributed by atoms with Crippen molar-refractivity contribution < 1.29 is 37.4 Å². The van der Waals surface area contributed by atoms with Crippen molar-refractivity contribution in [3.63, 3.8) is 0 Å². The van der Waals surface area contributed by atoms with Gasteiger partial charge in [0.15, 0.2) is 0 Å². The molecule has 0 unspecified atom stereocenters. The number of piperazine rings is 1. The first-order valence-corrected chi connectivity index (χ1v) is 13.0. The number of carboxylic acid groups (broad SMARTS) is 1. The average molecular weight is 570 g/mol. The molecule has 0 aromatic heterocycles. The molecule has 1 amide bonds. The van der Waals surface area contributed by atoms with Gasteiger partial charge in [0.2, 0.25) is 0 Å². The van der Waals surface area contributed by atoms with Crippen LogP contribution in [0.1, 0.15) is 38.3 Å². The van der Waals surface area contributed by atoms with E-state index in [0.717, 1.165) is 30.8 Å². The Labute approximate surface area is 235 Å². The molecule has 5 rings (SSSR count). The van der Waals surface area contributed by atoms with Gasteiger partial charge in [-0.1, -0.05) is 42.5 Å². The minimum Gasteiger partial charge on any atom is -0.475 e. The number of hydrogen-bond acceptors (Lipinski definition) is 6. The van der Waals surface area contributed by atoms with Crippen molar-refractivity contribution in [2.75, 3.05) is 20.2 Å². The van der Waals surface area contributed by atoms with Gasteiger partial charge in [0, 0.05) is 43.8 Å². The van der Waals surface area contributed by atoms with Gasteiger partial charge < -0.3 is 20.5 Å². The number of alkyl halides is 3. The average Bonchev–Trinajstić information content (AvgIpc) is 3.59. The van der Waals surface area contributed by atoms with E-state index < -0.39 is 18.1 Å². The number of benzene rings is 3. The highest BCUT2D eigenvalue weighted by molar-refractivity contribution is 5.97. The number of rotatable bonds is 7. The highest BCUT2D eigenvalue weighted by atomic mass is 19.4. The number of aliphatic carboxylic acids is 1. The number of carbonyl (C=O) groups is 3. The zero-order valence-electron chi connectivity index (χ0n) is 22.3. The Hall–Kier alpha value is -4.22. The number of esters is 1. The third-order valence-electron chi connectivity index (χ3n) is 6.98. The third kappa shape index (κ3) is 7.92. The summed E-state index contributed by atoms with van der Waals surface area (Å²) in [6.07, 6.45) is -3.82. The van der Waals surface area contributed by atoms with E-state index in [9.17, 15) is 22.8 Å². The Morgan fingerprint density at radius 2 is 1.59 bits per heavy atom. The number of hydrogen-bond donors (Lipinski definition) is 3. The fourth-order valence-electron chi connectivity index (χ4n) is 4.98. The molecular formula is C30H30F3N3O5. The van der Waals surface area contributed by atoms with E-state index in [1.807, 2.05) is 12.1 Å². The number of carboxylic acids is 1. The Balaban J connectivity index is 0.000000493. The highest BCUT2D eigenvalue weighted by Gasteiger charge is 2.38. The van der Waals surface area contributed by atoms with E-state index in [1.54, 1.807) is 24.3 Å². The number of ether oxygens (including phenoxy) is 1. The van der Waals surface area contributed by atoms with Gasteiger partial charge in [-0.15, -0.1) is 0 Å². The molecule has 2 saturated heterocycles. The minimum atomic E-state index is -5.08. The van der Waals surface area contributed by atoms with Crippen molar-refractivity contribution in [3.8, 4) is 11.1 Å². The molecule has 2 atom stereocenters. The summed E-state index contributed by atoms with van der Waals surface area (Å²) in [5.74, 6) is -3.45. The minimum absolute atomic E-state index is 0.229. The second kappa shape index (κ2) is 13.0. The lowest BCUT2D eigenvalue weighted by Gasteiger charge is -2.27. The molecule has 41 heavy (non-hydrogen) atoms. The Kier molecular flexibility index (Phi) is 9.41. The number of amides is 1. The van der Waals surface area contributed by atoms with Crippen molar-refractivity contribution in [3.05, 3.63) is 95.1 Å². The second-order valence-corrected chi connectivity index (χ2v) is 9.88. The molecule has 0 radical (unpaired) electrons. The predicted molar refractivity (Wildman–Crippen MR) is 145 cm³/mol. The number of methoxy groups -OCH3 is 1. The molecule has 2 heterocycles. The zero-order chi connectivity index (χ0) is 29.6. The summed E-state index contributed by atoms with van der Waals surface area (Å²) in [5.41, 5.74) is 5.44. The fraction of sp³-hybridized carbons (Fsp3) is 0.300. The monoisotopic (exact) mass is 569 g/mol. The highest BCUT2D eigenvalue weighted by Crippen LogP contribution is 2.27. The lowest BCUT2D eigenvalue weighted by Crippen LogP contribution is -2.42. The quantitative estimate of drug-likeness (QED) is 0.365. The lowest BCUT2D eigenvalue weighted by atomic mass is 10.0. The van der Waals surface area contributed by atoms with Gasteiger partial charge in [-0.3, -0.25) is 9.69 Å². The molecule has 2 bridgehead atoms. The van der Waals surface area contributed by atoms with Gasteiger partial charge in [0.1, 0.15) is 0 Å². The van der Waals surface area contributed by atoms with Crippen molar-refractivity contribution >= 4 is 17.8 Å². The zero-order valence-corrected chi connectivity index (χ0v) is 22.3. The molecule has 0 saturated carbocycles. The topological polar surface area (TPSA) is 108 Å². The van der Waals surface area contributed by atoms with Crippen molar-refractivity contribution in [1.29, 1.82) is 0 Å². The molecule has 0 aliphatic carbocycles. The van der Waals surface area contributed by atoms with Crippen LogP contribution >= 0.6 is 0 Å². The standard InChI is InChI=1S/C28H29N3O3.C2HF3O2/c1-34-28(33)24-10-4-9-23(13-24)27(32)30-15-19-5-2-7-21(11-19)22-8-3-6-20(12-22)17-31-18-25-14-26(31)16-29-25;3-2(4,5)1(6)7/h2-13,25-26,29H,14-18H2,1H3,(H,30,32);(H,6,7)/t25-,26-;/m0./s1. The molecule has 8 nitrogen and oxygen atoms in total. The summed E-state index contributed by atoms with van der Waals surface area (Å²) in [5, 5.41) is 13.6. The van der Waals surface area contributed by atoms with Gasteiger partial charge in [-0.25, -0.2) is 9.59 Å². The Bertz CT molecular complexity index is 1410. The van der Waals surface area contributed by atoms with E-state index in [1.165, 1.54) is 24.7 Å². The second-order valence-electron chi connectivity index (χ2n) is 9.88. The van der Waals surface area contributed by atoms with Crippen molar-refractivity contribution in [2.24, 2.45) is 0 Å². The summed E-state index contributed by atoms with van der Waals surface area (Å²) < 4.78 is 36.5. The van der Waals surface area contributed by atoms with E-state index in [4.69, 9.17) is 14.6 Å². The molecule has 11 heteroatoms. The molecule has 0 spiro atoms. The number of nitrogens with zero attached hydrogens (tertiary/aromatic N) is 1. The molecular weight excluding hydrogens is 539 g/mol. The van der Waals surface area contributed by atoms with E-state index in [2.05, 4.69) is 51.9 Å². The van der Waals surface area contributed by atoms with Gasteiger partial charge in [-0.05, 0) is 59.0 Å². The van der Waals surface area contributed by atoms with Crippen LogP contribution in [0.15, 0.2) is 72.8 Å². The number of nitrogens with one attached hydrogen (secondary N) is 2. The van der Waals surface area contributed by atoms with Crippen LogP contribution in [-0.2, 0) is 22.6 Å². The molecule has 216 valence electrons. The molecule has 2 aliphatic rings. The van der Waals surface area contributed by atoms with Crippen LogP contribution in [0.5, 0.6) is 0 Å². The van der Waals surface area contributed by atoms with Crippen LogP contribution in [0.4, 0.5) is 13.2 Å². The molecule has 2 fully saturated rings. The summed E-state index contributed by atoms with van der Waals surface area (Å²) in [6.45, 7) is 3.62. The first kappa shape index (κ1) is 29.8. The third-order valence-corrected chi connectivity index (χ3v) is 6.98. The fourth-order valence-corrected chi connectivity index (χ4v) is 4.98. The van der Waals surface area contributed by atoms with E-state index in [-0.39, 0.29) is 5.91 Å². The largest absolute Gasteiger partial charge is 0.490 e. The van der Waals surface area contributed by atoms with Crippen LogP contribution in [-0.4, -0.2) is 66.3 Å². The van der Waals surface area contributed by atoms with Gasteiger partial charge in [0.25, 0.3) is 5.91 Å². The summed E-state index contributed by atoms with van der Waals surface area (Å²) in [6, 6.07) is 24.8. The summed E-state index contributed by atoms with van der Waals surface area (Å²) in [4.78, 5) is 35.8. The summed E-state index contributed by atoms with van der Waals surface area (Å²) in [7, 11) is 1.32. The molecule has 3 N–H and O–H groups in total. The summed E-state index contributed by atoms with van der Waals surface area (Å²) >= 11 is 0. The maximum absolute atomic E-state index is 12.6. The Morgan fingerprint density at radius 3 is 2.17 bits per heavy atom. The maximum atomic E-state index is 12.6. The van der Waals surface area contributed by atoms with E-state index in [0.29, 0.717) is 29.8 Å². The smallest absolute Gasteiger partial charge is 0.475 e. The van der Waals surface area contributed by atoms with Crippen molar-refractivity contribution in [1.82, 2.24) is 15.5 Å².